The Kier molecular flexibility index (Phi) is 9.42. The zero-order valence-corrected chi connectivity index (χ0v) is 15.4. The minimum atomic E-state index is -0.794. The molecule has 1 aromatic rings. The van der Waals surface area contributed by atoms with Crippen LogP contribution in [-0.4, -0.2) is 37.9 Å². The first kappa shape index (κ1) is 20.5. The normalized spacial score (nSPS) is 13.3. The van der Waals surface area contributed by atoms with E-state index in [9.17, 15) is 4.79 Å². The summed E-state index contributed by atoms with van der Waals surface area (Å²) >= 11 is 0. The first-order valence-electron chi connectivity index (χ1n) is 8.81. The average Bonchev–Trinajstić information content (AvgIpc) is 2.58. The second kappa shape index (κ2) is 11.0. The summed E-state index contributed by atoms with van der Waals surface area (Å²) in [6.07, 6.45) is 2.47. The Morgan fingerprint density at radius 3 is 2.33 bits per heavy atom. The first-order valence-corrected chi connectivity index (χ1v) is 8.81. The van der Waals surface area contributed by atoms with Crippen molar-refractivity contribution in [1.29, 1.82) is 0 Å². The van der Waals surface area contributed by atoms with E-state index < -0.39 is 5.60 Å². The molecule has 1 rings (SSSR count). The summed E-state index contributed by atoms with van der Waals surface area (Å²) in [5, 5.41) is 2.94. The lowest BCUT2D eigenvalue weighted by Crippen LogP contribution is -2.43. The smallest absolute Gasteiger partial charge is 0.256 e. The van der Waals surface area contributed by atoms with Crippen molar-refractivity contribution in [3.05, 3.63) is 24.3 Å². The van der Waals surface area contributed by atoms with Gasteiger partial charge in [0.25, 0.3) is 5.91 Å². The third-order valence-electron chi connectivity index (χ3n) is 3.64. The molecule has 5 heteroatoms. The number of hydrogen-bond acceptors (Lipinski definition) is 4. The van der Waals surface area contributed by atoms with E-state index in [1.165, 1.54) is 0 Å². The molecule has 1 aromatic carbocycles. The molecule has 0 bridgehead atoms. The molecule has 136 valence electrons. The SMILES string of the molecule is CCCOC(C)(CCC)C(=O)Nc1ccc(OCCOCC)cc1. The molecule has 0 aliphatic carbocycles. The van der Waals surface area contributed by atoms with E-state index in [-0.39, 0.29) is 5.91 Å². The van der Waals surface area contributed by atoms with Crippen LogP contribution < -0.4 is 10.1 Å². The van der Waals surface area contributed by atoms with Crippen LogP contribution in [0.2, 0.25) is 0 Å². The Morgan fingerprint density at radius 1 is 1.04 bits per heavy atom. The van der Waals surface area contributed by atoms with Gasteiger partial charge in [0.15, 0.2) is 0 Å². The van der Waals surface area contributed by atoms with E-state index in [0.717, 1.165) is 24.3 Å². The van der Waals surface area contributed by atoms with Gasteiger partial charge in [-0.1, -0.05) is 20.3 Å². The summed E-state index contributed by atoms with van der Waals surface area (Å²) in [6, 6.07) is 7.34. The minimum absolute atomic E-state index is 0.109. The molecular weight excluding hydrogens is 306 g/mol. The molecule has 0 heterocycles. The molecule has 0 spiro atoms. The summed E-state index contributed by atoms with van der Waals surface area (Å²) in [5.41, 5.74) is -0.0585. The van der Waals surface area contributed by atoms with Gasteiger partial charge in [0, 0.05) is 18.9 Å². The second-order valence-electron chi connectivity index (χ2n) is 5.85. The molecule has 0 aromatic heterocycles. The lowest BCUT2D eigenvalue weighted by Gasteiger charge is -2.28. The topological polar surface area (TPSA) is 56.8 Å². The van der Waals surface area contributed by atoms with Gasteiger partial charge >= 0.3 is 0 Å². The van der Waals surface area contributed by atoms with Crippen LogP contribution >= 0.6 is 0 Å². The van der Waals surface area contributed by atoms with E-state index in [4.69, 9.17) is 14.2 Å². The number of nitrogens with one attached hydrogen (secondary N) is 1. The molecule has 5 nitrogen and oxygen atoms in total. The maximum Gasteiger partial charge on any atom is 0.256 e. The predicted octanol–water partition coefficient (Wildman–Crippen LogP) is 4.03. The van der Waals surface area contributed by atoms with Crippen LogP contribution in [0, 0.1) is 0 Å². The number of benzene rings is 1. The zero-order chi connectivity index (χ0) is 17.8. The largest absolute Gasteiger partial charge is 0.491 e. The third kappa shape index (κ3) is 6.89. The van der Waals surface area contributed by atoms with E-state index in [1.54, 1.807) is 0 Å². The van der Waals surface area contributed by atoms with E-state index in [0.29, 0.717) is 32.8 Å². The van der Waals surface area contributed by atoms with Crippen molar-refractivity contribution in [1.82, 2.24) is 0 Å². The minimum Gasteiger partial charge on any atom is -0.491 e. The van der Waals surface area contributed by atoms with Gasteiger partial charge in [0.2, 0.25) is 0 Å². The molecular formula is C19H31NO4. The van der Waals surface area contributed by atoms with Crippen LogP contribution in [0.15, 0.2) is 24.3 Å². The number of carbonyl (C=O) groups excluding carboxylic acids is 1. The molecule has 0 saturated heterocycles. The summed E-state index contributed by atoms with van der Waals surface area (Å²) < 4.78 is 16.6. The van der Waals surface area contributed by atoms with Gasteiger partial charge in [-0.3, -0.25) is 4.79 Å². The maximum absolute atomic E-state index is 12.6. The predicted molar refractivity (Wildman–Crippen MR) is 96.6 cm³/mol. The van der Waals surface area contributed by atoms with E-state index >= 15 is 0 Å². The van der Waals surface area contributed by atoms with Gasteiger partial charge in [-0.25, -0.2) is 0 Å². The van der Waals surface area contributed by atoms with Crippen LogP contribution in [0.5, 0.6) is 5.75 Å². The fourth-order valence-electron chi connectivity index (χ4n) is 2.32. The second-order valence-corrected chi connectivity index (χ2v) is 5.85. The van der Waals surface area contributed by atoms with Crippen LogP contribution in [0.25, 0.3) is 0 Å². The molecule has 24 heavy (non-hydrogen) atoms. The molecule has 0 aliphatic heterocycles. The van der Waals surface area contributed by atoms with Gasteiger partial charge < -0.3 is 19.5 Å². The standard InChI is InChI=1S/C19H31NO4/c1-5-12-19(4,24-13-6-2)18(21)20-16-8-10-17(11-9-16)23-15-14-22-7-3/h8-11H,5-7,12-15H2,1-4H3,(H,20,21). The molecule has 1 atom stereocenters. The van der Waals surface area contributed by atoms with Crippen molar-refractivity contribution in [3.63, 3.8) is 0 Å². The van der Waals surface area contributed by atoms with Crippen LogP contribution in [0.1, 0.15) is 47.0 Å². The van der Waals surface area contributed by atoms with Crippen molar-refractivity contribution < 1.29 is 19.0 Å². The highest BCUT2D eigenvalue weighted by Crippen LogP contribution is 2.22. The fourth-order valence-corrected chi connectivity index (χ4v) is 2.32. The number of anilines is 1. The molecule has 0 fully saturated rings. The van der Waals surface area contributed by atoms with Gasteiger partial charge in [-0.05, 0) is 51.0 Å². The fraction of sp³-hybridized carbons (Fsp3) is 0.632. The number of rotatable bonds is 12. The number of hydrogen-bond donors (Lipinski definition) is 1. The Labute approximate surface area is 145 Å². The van der Waals surface area contributed by atoms with Gasteiger partial charge in [-0.15, -0.1) is 0 Å². The molecule has 1 N–H and O–H groups in total. The van der Waals surface area contributed by atoms with Crippen molar-refractivity contribution in [2.24, 2.45) is 0 Å². The highest BCUT2D eigenvalue weighted by atomic mass is 16.5. The van der Waals surface area contributed by atoms with Crippen molar-refractivity contribution in [3.8, 4) is 5.75 Å². The van der Waals surface area contributed by atoms with Crippen LogP contribution in [-0.2, 0) is 14.3 Å². The highest BCUT2D eigenvalue weighted by molar-refractivity contribution is 5.97. The summed E-state index contributed by atoms with van der Waals surface area (Å²) in [7, 11) is 0. The Morgan fingerprint density at radius 2 is 1.75 bits per heavy atom. The lowest BCUT2D eigenvalue weighted by molar-refractivity contribution is -0.140. The molecule has 0 radical (unpaired) electrons. The van der Waals surface area contributed by atoms with Gasteiger partial charge in [0.05, 0.1) is 6.61 Å². The Bertz CT molecular complexity index is 475. The Balaban J connectivity index is 2.58. The third-order valence-corrected chi connectivity index (χ3v) is 3.64. The summed E-state index contributed by atoms with van der Waals surface area (Å²) in [4.78, 5) is 12.6. The first-order chi connectivity index (χ1) is 11.6. The van der Waals surface area contributed by atoms with E-state index in [1.807, 2.05) is 45.0 Å². The van der Waals surface area contributed by atoms with Crippen LogP contribution in [0.4, 0.5) is 5.69 Å². The number of ether oxygens (including phenoxy) is 3. The molecule has 1 amide bonds. The lowest BCUT2D eigenvalue weighted by atomic mass is 9.99. The van der Waals surface area contributed by atoms with Gasteiger partial charge in [0.1, 0.15) is 18.0 Å². The van der Waals surface area contributed by atoms with E-state index in [2.05, 4.69) is 12.2 Å². The quantitative estimate of drug-likeness (QED) is 0.585. The Hall–Kier alpha value is -1.59. The summed E-state index contributed by atoms with van der Waals surface area (Å²) in [6.45, 7) is 10.2. The van der Waals surface area contributed by atoms with Crippen molar-refractivity contribution in [2.45, 2.75) is 52.6 Å². The molecule has 0 aliphatic rings. The molecule has 1 unspecified atom stereocenters. The molecule has 0 saturated carbocycles. The number of amides is 1. The number of carbonyl (C=O) groups is 1. The van der Waals surface area contributed by atoms with Gasteiger partial charge in [-0.2, -0.15) is 0 Å². The average molecular weight is 337 g/mol. The van der Waals surface area contributed by atoms with Crippen molar-refractivity contribution in [2.75, 3.05) is 31.7 Å². The maximum atomic E-state index is 12.6. The summed E-state index contributed by atoms with van der Waals surface area (Å²) in [5.74, 6) is 0.647. The van der Waals surface area contributed by atoms with Crippen molar-refractivity contribution >= 4 is 11.6 Å². The highest BCUT2D eigenvalue weighted by Gasteiger charge is 2.33. The zero-order valence-electron chi connectivity index (χ0n) is 15.4. The van der Waals surface area contributed by atoms with Crippen LogP contribution in [0.3, 0.4) is 0 Å². The monoisotopic (exact) mass is 337 g/mol.